The lowest BCUT2D eigenvalue weighted by Gasteiger charge is -2.11. The van der Waals surface area contributed by atoms with E-state index < -0.39 is 0 Å². The van der Waals surface area contributed by atoms with E-state index in [1.165, 1.54) is 6.07 Å². The fraction of sp³-hybridized carbons (Fsp3) is 0.200. The van der Waals surface area contributed by atoms with Crippen molar-refractivity contribution in [2.24, 2.45) is 0 Å². The molecule has 1 atom stereocenters. The number of hydrogen-bond donors (Lipinski definition) is 2. The summed E-state index contributed by atoms with van der Waals surface area (Å²) in [5, 5.41) is 12.7. The minimum Gasteiger partial charge on any atom is -0.503 e. The summed E-state index contributed by atoms with van der Waals surface area (Å²) in [7, 11) is 2.39. The van der Waals surface area contributed by atoms with Gasteiger partial charge < -0.3 is 15.2 Å². The third-order valence-corrected chi connectivity index (χ3v) is 3.02. The Labute approximate surface area is 125 Å². The highest BCUT2D eigenvalue weighted by atomic mass is 31.0. The van der Waals surface area contributed by atoms with Crippen molar-refractivity contribution in [1.29, 1.82) is 0 Å². The number of aromatic nitrogens is 1. The Balaban J connectivity index is 2.21. The van der Waals surface area contributed by atoms with Crippen molar-refractivity contribution in [3.8, 4) is 11.6 Å². The lowest BCUT2D eigenvalue weighted by atomic mass is 10.2. The van der Waals surface area contributed by atoms with Crippen LogP contribution in [0.25, 0.3) is 0 Å². The van der Waals surface area contributed by atoms with Gasteiger partial charge in [-0.15, -0.1) is 9.24 Å². The number of nitrogens with one attached hydrogen (secondary N) is 1. The maximum absolute atomic E-state index is 11.9. The van der Waals surface area contributed by atoms with E-state index >= 15 is 0 Å². The first-order valence-electron chi connectivity index (χ1n) is 6.47. The van der Waals surface area contributed by atoms with Crippen molar-refractivity contribution in [1.82, 2.24) is 10.3 Å². The highest BCUT2D eigenvalue weighted by Crippen LogP contribution is 2.29. The van der Waals surface area contributed by atoms with Crippen LogP contribution in [-0.4, -0.2) is 22.3 Å². The average Bonchev–Trinajstić information content (AvgIpc) is 2.49. The van der Waals surface area contributed by atoms with E-state index in [1.807, 2.05) is 30.3 Å². The van der Waals surface area contributed by atoms with Crippen LogP contribution in [0, 0.1) is 6.92 Å². The van der Waals surface area contributed by atoms with Crippen LogP contribution in [0.3, 0.4) is 0 Å². The summed E-state index contributed by atoms with van der Waals surface area (Å²) in [6.07, 6.45) is 0.403. The molecule has 0 aliphatic carbocycles. The number of amides is 1. The third kappa shape index (κ3) is 3.92. The van der Waals surface area contributed by atoms with Gasteiger partial charge in [-0.25, -0.2) is 4.98 Å². The number of hydrogen-bond acceptors (Lipinski definition) is 4. The maximum Gasteiger partial charge on any atom is 0.258 e. The zero-order valence-electron chi connectivity index (χ0n) is 11.7. The second-order valence-corrected chi connectivity index (χ2v) is 4.86. The molecule has 1 aromatic heterocycles. The standard InChI is InChI=1S/C15H17N2O3P/c1-10-7-12(14(19)16-9-21)13(18)15(17-10)20-8-11-5-3-2-4-6-11/h2-7,18H,8-9,21H2,1H3,(H,16,19). The molecule has 0 spiro atoms. The van der Waals surface area contributed by atoms with Crippen LogP contribution in [0.5, 0.6) is 11.6 Å². The van der Waals surface area contributed by atoms with Gasteiger partial charge in [0.1, 0.15) is 6.61 Å². The largest absolute Gasteiger partial charge is 0.503 e. The minimum absolute atomic E-state index is 0.0627. The Kier molecular flexibility index (Phi) is 5.12. The van der Waals surface area contributed by atoms with E-state index in [2.05, 4.69) is 19.5 Å². The predicted molar refractivity (Wildman–Crippen MR) is 83.5 cm³/mol. The smallest absolute Gasteiger partial charge is 0.258 e. The second-order valence-electron chi connectivity index (χ2n) is 4.45. The molecular weight excluding hydrogens is 287 g/mol. The van der Waals surface area contributed by atoms with Crippen LogP contribution in [0.1, 0.15) is 21.6 Å². The lowest BCUT2D eigenvalue weighted by molar-refractivity contribution is 0.0957. The second kappa shape index (κ2) is 7.04. The molecule has 6 heteroatoms. The van der Waals surface area contributed by atoms with Crippen molar-refractivity contribution < 1.29 is 14.6 Å². The summed E-state index contributed by atoms with van der Waals surface area (Å²) in [4.78, 5) is 16.0. The van der Waals surface area contributed by atoms with Gasteiger partial charge in [-0.05, 0) is 18.6 Å². The number of benzene rings is 1. The van der Waals surface area contributed by atoms with Gasteiger partial charge in [-0.2, -0.15) is 0 Å². The van der Waals surface area contributed by atoms with Crippen LogP contribution >= 0.6 is 9.24 Å². The van der Waals surface area contributed by atoms with Gasteiger partial charge in [-0.1, -0.05) is 30.3 Å². The van der Waals surface area contributed by atoms with E-state index in [4.69, 9.17) is 4.74 Å². The molecule has 1 amide bonds. The lowest BCUT2D eigenvalue weighted by Crippen LogP contribution is -2.21. The van der Waals surface area contributed by atoms with E-state index in [0.717, 1.165) is 5.56 Å². The van der Waals surface area contributed by atoms with E-state index in [-0.39, 0.29) is 29.7 Å². The quantitative estimate of drug-likeness (QED) is 0.831. The summed E-state index contributed by atoms with van der Waals surface area (Å²) in [5.41, 5.74) is 1.72. The zero-order chi connectivity index (χ0) is 15.2. The molecule has 0 radical (unpaired) electrons. The molecule has 1 aromatic carbocycles. The third-order valence-electron chi connectivity index (χ3n) is 2.81. The van der Waals surface area contributed by atoms with Crippen molar-refractivity contribution >= 4 is 15.1 Å². The number of carbonyl (C=O) groups excluding carboxylic acids is 1. The first-order valence-corrected chi connectivity index (χ1v) is 7.29. The molecule has 21 heavy (non-hydrogen) atoms. The minimum atomic E-state index is -0.363. The van der Waals surface area contributed by atoms with Gasteiger partial charge >= 0.3 is 0 Å². The van der Waals surface area contributed by atoms with Gasteiger partial charge in [0.2, 0.25) is 0 Å². The topological polar surface area (TPSA) is 71.5 Å². The highest BCUT2D eigenvalue weighted by molar-refractivity contribution is 7.16. The summed E-state index contributed by atoms with van der Waals surface area (Å²) < 4.78 is 5.53. The van der Waals surface area contributed by atoms with Crippen LogP contribution in [0.4, 0.5) is 0 Å². The van der Waals surface area contributed by atoms with Gasteiger partial charge in [0.05, 0.1) is 5.56 Å². The maximum atomic E-state index is 11.9. The zero-order valence-corrected chi connectivity index (χ0v) is 12.8. The fourth-order valence-electron chi connectivity index (χ4n) is 1.83. The predicted octanol–water partition coefficient (Wildman–Crippen LogP) is 2.24. The number of aryl methyl sites for hydroxylation is 1. The van der Waals surface area contributed by atoms with Crippen molar-refractivity contribution in [2.75, 3.05) is 6.29 Å². The monoisotopic (exact) mass is 304 g/mol. The average molecular weight is 304 g/mol. The van der Waals surface area contributed by atoms with Gasteiger partial charge in [-0.3, -0.25) is 4.79 Å². The highest BCUT2D eigenvalue weighted by Gasteiger charge is 2.17. The number of ether oxygens (including phenoxy) is 1. The van der Waals surface area contributed by atoms with Crippen LogP contribution in [-0.2, 0) is 6.61 Å². The number of nitrogens with zero attached hydrogens (tertiary/aromatic N) is 1. The number of carbonyl (C=O) groups is 1. The molecule has 0 saturated carbocycles. The first kappa shape index (κ1) is 15.3. The van der Waals surface area contributed by atoms with Crippen molar-refractivity contribution in [3.63, 3.8) is 0 Å². The SMILES string of the molecule is Cc1cc(C(=O)NCP)c(O)c(OCc2ccccc2)n1. The normalized spacial score (nSPS) is 10.2. The molecule has 1 heterocycles. The Morgan fingerprint density at radius 3 is 2.76 bits per heavy atom. The van der Waals surface area contributed by atoms with Crippen LogP contribution < -0.4 is 10.1 Å². The van der Waals surface area contributed by atoms with Gasteiger partial charge in [0.25, 0.3) is 11.8 Å². The van der Waals surface area contributed by atoms with Crippen LogP contribution in [0.15, 0.2) is 36.4 Å². The van der Waals surface area contributed by atoms with Crippen LogP contribution in [0.2, 0.25) is 0 Å². The Hall–Kier alpha value is -2.13. The van der Waals surface area contributed by atoms with Gasteiger partial charge in [0.15, 0.2) is 5.75 Å². The first-order chi connectivity index (χ1) is 10.1. The summed E-state index contributed by atoms with van der Waals surface area (Å²) >= 11 is 0. The molecule has 2 N–H and O–H groups in total. The molecule has 1 unspecified atom stereocenters. The molecule has 0 bridgehead atoms. The Bertz CT molecular complexity index is 632. The fourth-order valence-corrected chi connectivity index (χ4v) is 2.01. The molecule has 0 aliphatic heterocycles. The molecule has 0 saturated heterocycles. The van der Waals surface area contributed by atoms with E-state index in [9.17, 15) is 9.90 Å². The Morgan fingerprint density at radius 2 is 2.10 bits per heavy atom. The number of pyridine rings is 1. The summed E-state index contributed by atoms with van der Waals surface area (Å²) in [5.74, 6) is -0.544. The molecule has 0 fully saturated rings. The van der Waals surface area contributed by atoms with E-state index in [0.29, 0.717) is 12.0 Å². The van der Waals surface area contributed by atoms with E-state index in [1.54, 1.807) is 6.92 Å². The molecule has 0 aliphatic rings. The Morgan fingerprint density at radius 1 is 1.38 bits per heavy atom. The molecular formula is C15H17N2O3P. The molecule has 5 nitrogen and oxygen atoms in total. The van der Waals surface area contributed by atoms with Gasteiger partial charge in [0, 0.05) is 12.0 Å². The summed E-state index contributed by atoms with van der Waals surface area (Å²) in [6.45, 7) is 2.02. The van der Waals surface area contributed by atoms with Crippen molar-refractivity contribution in [3.05, 3.63) is 53.2 Å². The molecule has 110 valence electrons. The number of aromatic hydroxyl groups is 1. The molecule has 2 aromatic rings. The summed E-state index contributed by atoms with van der Waals surface area (Å²) in [6, 6.07) is 11.1. The number of rotatable bonds is 5. The van der Waals surface area contributed by atoms with Crippen molar-refractivity contribution in [2.45, 2.75) is 13.5 Å². The molecule has 2 rings (SSSR count).